The van der Waals surface area contributed by atoms with Crippen molar-refractivity contribution in [3.05, 3.63) is 22.7 Å². The number of sulfonamides is 1. The summed E-state index contributed by atoms with van der Waals surface area (Å²) in [5.74, 6) is 0.587. The fourth-order valence-electron chi connectivity index (χ4n) is 1.65. The Morgan fingerprint density at radius 2 is 1.84 bits per heavy atom. The van der Waals surface area contributed by atoms with Crippen LogP contribution in [0.25, 0.3) is 0 Å². The predicted octanol–water partition coefficient (Wildman–Crippen LogP) is 3.12. The van der Waals surface area contributed by atoms with Gasteiger partial charge in [0.15, 0.2) is 0 Å². The van der Waals surface area contributed by atoms with Crippen molar-refractivity contribution in [2.24, 2.45) is 5.92 Å². The highest BCUT2D eigenvalue weighted by atomic mass is 79.9. The average molecular weight is 350 g/mol. The smallest absolute Gasteiger partial charge is 0.246 e. The maximum absolute atomic E-state index is 12.6. The Balaban J connectivity index is 3.31. The molecule has 108 valence electrons. The Labute approximate surface area is 123 Å². The molecule has 0 radical (unpaired) electrons. The van der Waals surface area contributed by atoms with E-state index in [0.29, 0.717) is 10.2 Å². The maximum atomic E-state index is 12.6. The topological polar surface area (TPSA) is 46.6 Å². The van der Waals surface area contributed by atoms with E-state index in [2.05, 4.69) is 15.9 Å². The van der Waals surface area contributed by atoms with E-state index < -0.39 is 10.0 Å². The van der Waals surface area contributed by atoms with Crippen molar-refractivity contribution in [1.29, 1.82) is 0 Å². The number of nitrogens with zero attached hydrogens (tertiary/aromatic N) is 1. The first-order chi connectivity index (χ1) is 8.71. The van der Waals surface area contributed by atoms with Crippen molar-refractivity contribution in [3.8, 4) is 5.75 Å². The van der Waals surface area contributed by atoms with E-state index >= 15 is 0 Å². The first-order valence-corrected chi connectivity index (χ1v) is 8.26. The van der Waals surface area contributed by atoms with Crippen LogP contribution in [0, 0.1) is 5.92 Å². The molecule has 0 aliphatic rings. The molecule has 4 nitrogen and oxygen atoms in total. The van der Waals surface area contributed by atoms with Crippen LogP contribution in [0.15, 0.2) is 27.6 Å². The molecule has 0 saturated carbocycles. The van der Waals surface area contributed by atoms with Crippen molar-refractivity contribution in [1.82, 2.24) is 4.31 Å². The predicted molar refractivity (Wildman–Crippen MR) is 79.9 cm³/mol. The number of hydrogen-bond acceptors (Lipinski definition) is 3. The lowest BCUT2D eigenvalue weighted by molar-refractivity contribution is 0.313. The van der Waals surface area contributed by atoms with Crippen LogP contribution < -0.4 is 4.74 Å². The van der Waals surface area contributed by atoms with Gasteiger partial charge in [-0.3, -0.25) is 0 Å². The Hall–Kier alpha value is -0.590. The molecule has 1 aromatic rings. The standard InChI is InChI=1S/C13H20BrNO3S/c1-9(2)10(3)15(4)19(16,17)13-8-11(14)6-7-12(13)18-5/h6-10H,1-5H3. The van der Waals surface area contributed by atoms with Gasteiger partial charge >= 0.3 is 0 Å². The van der Waals surface area contributed by atoms with E-state index in [1.54, 1.807) is 25.2 Å². The second kappa shape index (κ2) is 6.24. The molecule has 0 N–H and O–H groups in total. The monoisotopic (exact) mass is 349 g/mol. The summed E-state index contributed by atoms with van der Waals surface area (Å²) < 4.78 is 32.5. The van der Waals surface area contributed by atoms with Crippen LogP contribution in [0.4, 0.5) is 0 Å². The second-order valence-corrected chi connectivity index (χ2v) is 7.68. The molecule has 1 rings (SSSR count). The summed E-state index contributed by atoms with van der Waals surface area (Å²) >= 11 is 3.29. The van der Waals surface area contributed by atoms with Gasteiger partial charge in [0.1, 0.15) is 10.6 Å². The number of halogens is 1. The summed E-state index contributed by atoms with van der Waals surface area (Å²) in [6, 6.07) is 4.88. The van der Waals surface area contributed by atoms with Crippen molar-refractivity contribution in [2.75, 3.05) is 14.2 Å². The molecule has 1 aromatic carbocycles. The number of hydrogen-bond donors (Lipinski definition) is 0. The van der Waals surface area contributed by atoms with Gasteiger partial charge in [-0.2, -0.15) is 4.31 Å². The van der Waals surface area contributed by atoms with Crippen molar-refractivity contribution < 1.29 is 13.2 Å². The largest absolute Gasteiger partial charge is 0.495 e. The van der Waals surface area contributed by atoms with Crippen LogP contribution in [-0.4, -0.2) is 32.9 Å². The zero-order valence-corrected chi connectivity index (χ0v) is 14.2. The Morgan fingerprint density at radius 3 is 2.32 bits per heavy atom. The number of ether oxygens (including phenoxy) is 1. The van der Waals surface area contributed by atoms with Gasteiger partial charge in [0.25, 0.3) is 0 Å². The summed E-state index contributed by atoms with van der Waals surface area (Å²) in [5, 5.41) is 0. The van der Waals surface area contributed by atoms with Crippen LogP contribution >= 0.6 is 15.9 Å². The fourth-order valence-corrected chi connectivity index (χ4v) is 3.83. The molecule has 6 heteroatoms. The normalized spacial score (nSPS) is 13.9. The molecule has 0 bridgehead atoms. The molecule has 0 saturated heterocycles. The van der Waals surface area contributed by atoms with Crippen molar-refractivity contribution >= 4 is 26.0 Å². The first kappa shape index (κ1) is 16.5. The van der Waals surface area contributed by atoms with Crippen LogP contribution in [0.3, 0.4) is 0 Å². The van der Waals surface area contributed by atoms with Gasteiger partial charge in [0.2, 0.25) is 10.0 Å². The minimum Gasteiger partial charge on any atom is -0.495 e. The molecular formula is C13H20BrNO3S. The van der Waals surface area contributed by atoms with Crippen molar-refractivity contribution in [2.45, 2.75) is 31.7 Å². The highest BCUT2D eigenvalue weighted by molar-refractivity contribution is 9.10. The van der Waals surface area contributed by atoms with Gasteiger partial charge in [-0.05, 0) is 31.0 Å². The van der Waals surface area contributed by atoms with E-state index in [1.807, 2.05) is 20.8 Å². The SMILES string of the molecule is COc1ccc(Br)cc1S(=O)(=O)N(C)C(C)C(C)C. The van der Waals surface area contributed by atoms with Crippen molar-refractivity contribution in [3.63, 3.8) is 0 Å². The Morgan fingerprint density at radius 1 is 1.26 bits per heavy atom. The lowest BCUT2D eigenvalue weighted by Crippen LogP contribution is -2.38. The van der Waals surface area contributed by atoms with Gasteiger partial charge in [0, 0.05) is 17.6 Å². The molecule has 19 heavy (non-hydrogen) atoms. The molecule has 0 aliphatic heterocycles. The molecular weight excluding hydrogens is 330 g/mol. The third-order valence-corrected chi connectivity index (χ3v) is 5.78. The molecule has 0 fully saturated rings. The third-order valence-electron chi connectivity index (χ3n) is 3.32. The summed E-state index contributed by atoms with van der Waals surface area (Å²) in [7, 11) is -0.506. The first-order valence-electron chi connectivity index (χ1n) is 6.03. The van der Waals surface area contributed by atoms with E-state index in [-0.39, 0.29) is 16.9 Å². The minimum atomic E-state index is -3.57. The van der Waals surface area contributed by atoms with Crippen LogP contribution in [0.1, 0.15) is 20.8 Å². The zero-order chi connectivity index (χ0) is 14.8. The number of rotatable bonds is 5. The molecule has 0 aromatic heterocycles. The van der Waals surface area contributed by atoms with Crippen LogP contribution in [0.2, 0.25) is 0 Å². The molecule has 0 heterocycles. The average Bonchev–Trinajstić information content (AvgIpc) is 2.36. The molecule has 0 aliphatic carbocycles. The van der Waals surface area contributed by atoms with Crippen LogP contribution in [0.5, 0.6) is 5.75 Å². The molecule has 0 spiro atoms. The van der Waals surface area contributed by atoms with Gasteiger partial charge in [-0.25, -0.2) is 8.42 Å². The van der Waals surface area contributed by atoms with Gasteiger partial charge < -0.3 is 4.74 Å². The quantitative estimate of drug-likeness (QED) is 0.820. The highest BCUT2D eigenvalue weighted by Gasteiger charge is 2.29. The van der Waals surface area contributed by atoms with E-state index in [9.17, 15) is 8.42 Å². The Bertz CT molecular complexity index is 543. The van der Waals surface area contributed by atoms with E-state index in [4.69, 9.17) is 4.74 Å². The lowest BCUT2D eigenvalue weighted by atomic mass is 10.1. The summed E-state index contributed by atoms with van der Waals surface area (Å²) in [6.45, 7) is 5.89. The Kier molecular flexibility index (Phi) is 5.41. The van der Waals surface area contributed by atoms with Gasteiger partial charge in [-0.1, -0.05) is 29.8 Å². The highest BCUT2D eigenvalue weighted by Crippen LogP contribution is 2.30. The molecule has 1 unspecified atom stereocenters. The fraction of sp³-hybridized carbons (Fsp3) is 0.538. The summed E-state index contributed by atoms with van der Waals surface area (Å²) in [4.78, 5) is 0.180. The molecule has 0 amide bonds. The second-order valence-electron chi connectivity index (χ2n) is 4.80. The van der Waals surface area contributed by atoms with Gasteiger partial charge in [-0.15, -0.1) is 0 Å². The zero-order valence-electron chi connectivity index (χ0n) is 11.8. The van der Waals surface area contributed by atoms with E-state index in [1.165, 1.54) is 11.4 Å². The molecule has 1 atom stereocenters. The van der Waals surface area contributed by atoms with Gasteiger partial charge in [0.05, 0.1) is 7.11 Å². The van der Waals surface area contributed by atoms with E-state index in [0.717, 1.165) is 0 Å². The summed E-state index contributed by atoms with van der Waals surface area (Å²) in [5.41, 5.74) is 0. The van der Waals surface area contributed by atoms with Crippen LogP contribution in [-0.2, 0) is 10.0 Å². The summed E-state index contributed by atoms with van der Waals surface area (Å²) in [6.07, 6.45) is 0. The maximum Gasteiger partial charge on any atom is 0.246 e. The third kappa shape index (κ3) is 3.49. The number of methoxy groups -OCH3 is 1. The lowest BCUT2D eigenvalue weighted by Gasteiger charge is -2.27. The minimum absolute atomic E-state index is 0.0892. The number of benzene rings is 1.